The Morgan fingerprint density at radius 3 is 2.54 bits per heavy atom. The van der Waals surface area contributed by atoms with E-state index in [9.17, 15) is 10.1 Å². The standard InChI is InChI=1S/C19H13NO4/c1-23-12-9-10-13(17(11-12)20(21)22)15-6-4-7-16-14-5-2-3-8-18(14)24-19(15)16/h2-11H,1H3. The van der Waals surface area contributed by atoms with E-state index in [0.29, 0.717) is 22.5 Å². The predicted octanol–water partition coefficient (Wildman–Crippen LogP) is 5.17. The van der Waals surface area contributed by atoms with Crippen LogP contribution in [0.4, 0.5) is 5.69 Å². The molecule has 0 saturated heterocycles. The molecule has 0 bridgehead atoms. The fourth-order valence-corrected chi connectivity index (χ4v) is 2.98. The number of furan rings is 1. The smallest absolute Gasteiger partial charge is 0.281 e. The Bertz CT molecular complexity index is 1080. The Morgan fingerprint density at radius 1 is 0.958 bits per heavy atom. The maximum atomic E-state index is 11.5. The number of nitro groups is 1. The summed E-state index contributed by atoms with van der Waals surface area (Å²) in [5, 5.41) is 13.4. The van der Waals surface area contributed by atoms with E-state index < -0.39 is 4.92 Å². The second kappa shape index (κ2) is 5.38. The van der Waals surface area contributed by atoms with E-state index in [1.807, 2.05) is 42.5 Å². The van der Waals surface area contributed by atoms with Crippen LogP contribution in [0.2, 0.25) is 0 Å². The molecule has 0 aliphatic carbocycles. The molecule has 0 atom stereocenters. The highest BCUT2D eigenvalue weighted by Gasteiger charge is 2.20. The molecule has 3 aromatic carbocycles. The summed E-state index contributed by atoms with van der Waals surface area (Å²) in [7, 11) is 1.48. The predicted molar refractivity (Wildman–Crippen MR) is 92.4 cm³/mol. The zero-order valence-corrected chi connectivity index (χ0v) is 12.9. The number of rotatable bonds is 3. The van der Waals surface area contributed by atoms with Gasteiger partial charge in [0.25, 0.3) is 5.69 Å². The molecule has 0 saturated carbocycles. The number of benzene rings is 3. The number of fused-ring (bicyclic) bond motifs is 3. The molecule has 1 aromatic heterocycles. The van der Waals surface area contributed by atoms with Gasteiger partial charge in [0.05, 0.1) is 23.7 Å². The number of methoxy groups -OCH3 is 1. The minimum absolute atomic E-state index is 0.0118. The first-order valence-electron chi connectivity index (χ1n) is 7.42. The van der Waals surface area contributed by atoms with Crippen molar-refractivity contribution < 1.29 is 14.1 Å². The Balaban J connectivity index is 2.05. The zero-order chi connectivity index (χ0) is 16.7. The van der Waals surface area contributed by atoms with Gasteiger partial charge in [-0.3, -0.25) is 10.1 Å². The van der Waals surface area contributed by atoms with Gasteiger partial charge in [0.1, 0.15) is 16.9 Å². The molecule has 1 heterocycles. The molecule has 0 unspecified atom stereocenters. The van der Waals surface area contributed by atoms with Crippen LogP contribution in [0.25, 0.3) is 33.1 Å². The molecule has 0 aliphatic rings. The van der Waals surface area contributed by atoms with Crippen LogP contribution in [0.3, 0.4) is 0 Å². The van der Waals surface area contributed by atoms with Gasteiger partial charge in [-0.1, -0.05) is 36.4 Å². The van der Waals surface area contributed by atoms with Crippen LogP contribution in [0.5, 0.6) is 5.75 Å². The molecule has 0 N–H and O–H groups in total. The molecular weight excluding hydrogens is 306 g/mol. The van der Waals surface area contributed by atoms with Crippen molar-refractivity contribution in [2.75, 3.05) is 7.11 Å². The maximum absolute atomic E-state index is 11.5. The van der Waals surface area contributed by atoms with Gasteiger partial charge < -0.3 is 9.15 Å². The second-order valence-corrected chi connectivity index (χ2v) is 5.42. The Morgan fingerprint density at radius 2 is 1.75 bits per heavy atom. The van der Waals surface area contributed by atoms with Crippen molar-refractivity contribution in [3.05, 3.63) is 70.8 Å². The van der Waals surface area contributed by atoms with E-state index in [-0.39, 0.29) is 5.69 Å². The number of nitro benzene ring substituents is 1. The van der Waals surface area contributed by atoms with Crippen molar-refractivity contribution in [3.63, 3.8) is 0 Å². The summed E-state index contributed by atoms with van der Waals surface area (Å²) in [6, 6.07) is 18.2. The topological polar surface area (TPSA) is 65.5 Å². The van der Waals surface area contributed by atoms with Crippen molar-refractivity contribution >= 4 is 27.6 Å². The average molecular weight is 319 g/mol. The first-order chi connectivity index (χ1) is 11.7. The summed E-state index contributed by atoms with van der Waals surface area (Å²) in [4.78, 5) is 11.1. The van der Waals surface area contributed by atoms with E-state index in [1.54, 1.807) is 12.1 Å². The molecule has 0 radical (unpaired) electrons. The van der Waals surface area contributed by atoms with Crippen molar-refractivity contribution in [3.8, 4) is 16.9 Å². The average Bonchev–Trinajstić information content (AvgIpc) is 3.00. The Kier molecular flexibility index (Phi) is 3.20. The minimum Gasteiger partial charge on any atom is -0.497 e. The summed E-state index contributed by atoms with van der Waals surface area (Å²) in [5.74, 6) is 0.447. The summed E-state index contributed by atoms with van der Waals surface area (Å²) in [6.45, 7) is 0. The van der Waals surface area contributed by atoms with E-state index in [4.69, 9.17) is 9.15 Å². The molecule has 0 spiro atoms. The molecule has 0 amide bonds. The maximum Gasteiger partial charge on any atom is 0.281 e. The molecule has 5 heteroatoms. The quantitative estimate of drug-likeness (QED) is 0.386. The molecule has 4 aromatic rings. The van der Waals surface area contributed by atoms with Crippen LogP contribution >= 0.6 is 0 Å². The van der Waals surface area contributed by atoms with Crippen LogP contribution in [-0.4, -0.2) is 12.0 Å². The van der Waals surface area contributed by atoms with Crippen LogP contribution in [-0.2, 0) is 0 Å². The normalized spacial score (nSPS) is 11.0. The first-order valence-corrected chi connectivity index (χ1v) is 7.42. The molecule has 24 heavy (non-hydrogen) atoms. The van der Waals surface area contributed by atoms with Gasteiger partial charge in [-0.15, -0.1) is 0 Å². The van der Waals surface area contributed by atoms with Gasteiger partial charge in [0.2, 0.25) is 0 Å². The lowest BCUT2D eigenvalue weighted by Gasteiger charge is -2.06. The molecular formula is C19H13NO4. The highest BCUT2D eigenvalue weighted by atomic mass is 16.6. The molecule has 5 nitrogen and oxygen atoms in total. The van der Waals surface area contributed by atoms with Crippen molar-refractivity contribution in [2.45, 2.75) is 0 Å². The van der Waals surface area contributed by atoms with Crippen LogP contribution in [0.15, 0.2) is 65.1 Å². The third kappa shape index (κ3) is 2.10. The van der Waals surface area contributed by atoms with Gasteiger partial charge in [0, 0.05) is 16.3 Å². The Labute approximate surface area is 137 Å². The highest BCUT2D eigenvalue weighted by Crippen LogP contribution is 2.40. The minimum atomic E-state index is -0.403. The van der Waals surface area contributed by atoms with E-state index in [1.165, 1.54) is 13.2 Å². The molecule has 0 fully saturated rings. The monoisotopic (exact) mass is 319 g/mol. The summed E-state index contributed by atoms with van der Waals surface area (Å²) in [5.41, 5.74) is 2.59. The van der Waals surface area contributed by atoms with Crippen molar-refractivity contribution in [1.29, 1.82) is 0 Å². The highest BCUT2D eigenvalue weighted by molar-refractivity contribution is 6.10. The molecule has 0 aliphatic heterocycles. The summed E-state index contributed by atoms with van der Waals surface area (Å²) < 4.78 is 11.1. The van der Waals surface area contributed by atoms with Gasteiger partial charge in [0.15, 0.2) is 0 Å². The summed E-state index contributed by atoms with van der Waals surface area (Å²) >= 11 is 0. The van der Waals surface area contributed by atoms with E-state index in [0.717, 1.165) is 16.4 Å². The first kappa shape index (κ1) is 14.3. The second-order valence-electron chi connectivity index (χ2n) is 5.42. The number of nitrogens with zero attached hydrogens (tertiary/aromatic N) is 1. The van der Waals surface area contributed by atoms with Gasteiger partial charge in [-0.25, -0.2) is 0 Å². The van der Waals surface area contributed by atoms with Crippen LogP contribution in [0, 0.1) is 10.1 Å². The Hall–Kier alpha value is -3.34. The lowest BCUT2D eigenvalue weighted by Crippen LogP contribution is -1.94. The zero-order valence-electron chi connectivity index (χ0n) is 12.9. The summed E-state index contributed by atoms with van der Waals surface area (Å²) in [6.07, 6.45) is 0. The number of hydrogen-bond acceptors (Lipinski definition) is 4. The fourth-order valence-electron chi connectivity index (χ4n) is 2.98. The van der Waals surface area contributed by atoms with Crippen LogP contribution < -0.4 is 4.74 Å². The third-order valence-electron chi connectivity index (χ3n) is 4.10. The van der Waals surface area contributed by atoms with Gasteiger partial charge >= 0.3 is 0 Å². The SMILES string of the molecule is COc1ccc(-c2cccc3c2oc2ccccc23)c([N+](=O)[O-])c1. The van der Waals surface area contributed by atoms with Gasteiger partial charge in [-0.05, 0) is 18.2 Å². The third-order valence-corrected chi connectivity index (χ3v) is 4.10. The number of para-hydroxylation sites is 2. The van der Waals surface area contributed by atoms with Crippen molar-refractivity contribution in [2.24, 2.45) is 0 Å². The van der Waals surface area contributed by atoms with Gasteiger partial charge in [-0.2, -0.15) is 0 Å². The van der Waals surface area contributed by atoms with Crippen LogP contribution in [0.1, 0.15) is 0 Å². The molecule has 118 valence electrons. The van der Waals surface area contributed by atoms with E-state index in [2.05, 4.69) is 0 Å². The van der Waals surface area contributed by atoms with E-state index >= 15 is 0 Å². The number of ether oxygens (including phenoxy) is 1. The molecule has 4 rings (SSSR count). The number of hydrogen-bond donors (Lipinski definition) is 0. The largest absolute Gasteiger partial charge is 0.497 e. The fraction of sp³-hybridized carbons (Fsp3) is 0.0526. The lowest BCUT2D eigenvalue weighted by molar-refractivity contribution is -0.384. The van der Waals surface area contributed by atoms with Crippen molar-refractivity contribution in [1.82, 2.24) is 0 Å². The lowest BCUT2D eigenvalue weighted by atomic mass is 10.0.